The maximum atomic E-state index is 13.4. The van der Waals surface area contributed by atoms with Crippen molar-refractivity contribution in [2.75, 3.05) is 19.5 Å². The minimum Gasteiger partial charge on any atom is -0.497 e. The molecule has 0 aliphatic heterocycles. The maximum absolute atomic E-state index is 13.4. The third kappa shape index (κ3) is 5.37. The molecule has 4 aromatic carbocycles. The van der Waals surface area contributed by atoms with Crippen molar-refractivity contribution in [3.8, 4) is 34.3 Å². The van der Waals surface area contributed by atoms with Gasteiger partial charge in [0.2, 0.25) is 5.89 Å². The third-order valence-corrected chi connectivity index (χ3v) is 6.77. The van der Waals surface area contributed by atoms with E-state index in [2.05, 4.69) is 10.3 Å². The van der Waals surface area contributed by atoms with E-state index in [1.807, 2.05) is 84.9 Å². The smallest absolute Gasteiger partial charge is 0.256 e. The van der Waals surface area contributed by atoms with Crippen LogP contribution in [0.1, 0.15) is 10.4 Å². The van der Waals surface area contributed by atoms with Crippen LogP contribution in [-0.4, -0.2) is 25.1 Å². The minimum atomic E-state index is -0.251. The van der Waals surface area contributed by atoms with Crippen LogP contribution in [0, 0.1) is 0 Å². The van der Waals surface area contributed by atoms with Crippen LogP contribution >= 0.6 is 11.8 Å². The highest BCUT2D eigenvalue weighted by Gasteiger charge is 2.19. The molecule has 1 heterocycles. The molecule has 184 valence electrons. The first kappa shape index (κ1) is 24.2. The SMILES string of the molecule is COc1ccc(-c2cnc(-c3ccccc3C(=O)Nc3ccccc3Sc3ccccc3)o2)c(OC)c1. The molecule has 0 unspecified atom stereocenters. The second-order valence-corrected chi connectivity index (χ2v) is 9.12. The molecule has 5 aromatic rings. The first-order chi connectivity index (χ1) is 18.2. The van der Waals surface area contributed by atoms with Gasteiger partial charge in [0.25, 0.3) is 5.91 Å². The van der Waals surface area contributed by atoms with Crippen LogP contribution in [0.5, 0.6) is 11.5 Å². The molecule has 5 rings (SSSR count). The minimum absolute atomic E-state index is 0.251. The number of methoxy groups -OCH3 is 2. The van der Waals surface area contributed by atoms with E-state index in [0.717, 1.165) is 21.0 Å². The van der Waals surface area contributed by atoms with Crippen molar-refractivity contribution in [1.82, 2.24) is 4.98 Å². The second-order valence-electron chi connectivity index (χ2n) is 8.01. The van der Waals surface area contributed by atoms with Gasteiger partial charge in [-0.15, -0.1) is 0 Å². The molecule has 0 radical (unpaired) electrons. The normalized spacial score (nSPS) is 10.6. The van der Waals surface area contributed by atoms with Crippen LogP contribution in [0.25, 0.3) is 22.8 Å². The predicted octanol–water partition coefficient (Wildman–Crippen LogP) is 7.43. The van der Waals surface area contributed by atoms with Gasteiger partial charge in [0.15, 0.2) is 5.76 Å². The number of aromatic nitrogens is 1. The highest BCUT2D eigenvalue weighted by molar-refractivity contribution is 7.99. The number of carbonyl (C=O) groups excluding carboxylic acids is 1. The van der Waals surface area contributed by atoms with Gasteiger partial charge >= 0.3 is 0 Å². The number of amides is 1. The maximum Gasteiger partial charge on any atom is 0.256 e. The van der Waals surface area contributed by atoms with Crippen molar-refractivity contribution in [2.45, 2.75) is 9.79 Å². The molecule has 1 aromatic heterocycles. The van der Waals surface area contributed by atoms with Gasteiger partial charge in [0, 0.05) is 21.4 Å². The Morgan fingerprint density at radius 1 is 0.838 bits per heavy atom. The summed E-state index contributed by atoms with van der Waals surface area (Å²) in [5.74, 6) is 1.88. The summed E-state index contributed by atoms with van der Waals surface area (Å²) in [6.07, 6.45) is 1.63. The Morgan fingerprint density at radius 3 is 2.41 bits per heavy atom. The Hall–Kier alpha value is -4.49. The van der Waals surface area contributed by atoms with Crippen LogP contribution in [0.3, 0.4) is 0 Å². The van der Waals surface area contributed by atoms with E-state index in [9.17, 15) is 4.79 Å². The number of para-hydroxylation sites is 1. The number of ether oxygens (including phenoxy) is 2. The molecule has 0 spiro atoms. The molecular weight excluding hydrogens is 484 g/mol. The number of hydrogen-bond donors (Lipinski definition) is 1. The van der Waals surface area contributed by atoms with E-state index in [1.54, 1.807) is 44.3 Å². The summed E-state index contributed by atoms with van der Waals surface area (Å²) in [6, 6.07) is 30.5. The van der Waals surface area contributed by atoms with Gasteiger partial charge in [0.1, 0.15) is 11.5 Å². The lowest BCUT2D eigenvalue weighted by molar-refractivity contribution is 0.102. The average Bonchev–Trinajstić information content (AvgIpc) is 3.44. The quantitative estimate of drug-likeness (QED) is 0.235. The van der Waals surface area contributed by atoms with Gasteiger partial charge in [-0.3, -0.25) is 4.79 Å². The van der Waals surface area contributed by atoms with E-state index in [0.29, 0.717) is 34.3 Å². The number of rotatable bonds is 8. The second kappa shape index (κ2) is 11.1. The molecule has 0 atom stereocenters. The van der Waals surface area contributed by atoms with E-state index >= 15 is 0 Å². The summed E-state index contributed by atoms with van der Waals surface area (Å²) in [5, 5.41) is 3.06. The topological polar surface area (TPSA) is 73.6 Å². The number of benzene rings is 4. The van der Waals surface area contributed by atoms with Gasteiger partial charge in [0.05, 0.1) is 37.2 Å². The van der Waals surface area contributed by atoms with Crippen LogP contribution in [-0.2, 0) is 0 Å². The fraction of sp³-hybridized carbons (Fsp3) is 0.0667. The van der Waals surface area contributed by atoms with Crippen molar-refractivity contribution >= 4 is 23.4 Å². The molecule has 7 heteroatoms. The number of anilines is 1. The first-order valence-electron chi connectivity index (χ1n) is 11.6. The Morgan fingerprint density at radius 2 is 1.59 bits per heavy atom. The van der Waals surface area contributed by atoms with Crippen molar-refractivity contribution in [2.24, 2.45) is 0 Å². The number of carbonyl (C=O) groups is 1. The molecule has 0 saturated heterocycles. The van der Waals surface area contributed by atoms with Crippen LogP contribution < -0.4 is 14.8 Å². The van der Waals surface area contributed by atoms with Crippen molar-refractivity contribution in [3.05, 3.63) is 109 Å². The zero-order chi connectivity index (χ0) is 25.6. The summed E-state index contributed by atoms with van der Waals surface area (Å²) in [6.45, 7) is 0. The summed E-state index contributed by atoms with van der Waals surface area (Å²) < 4.78 is 16.9. The van der Waals surface area contributed by atoms with Crippen molar-refractivity contribution in [3.63, 3.8) is 0 Å². The summed E-state index contributed by atoms with van der Waals surface area (Å²) in [5.41, 5.74) is 2.51. The van der Waals surface area contributed by atoms with E-state index in [4.69, 9.17) is 13.9 Å². The van der Waals surface area contributed by atoms with Crippen LogP contribution in [0.4, 0.5) is 5.69 Å². The molecule has 0 bridgehead atoms. The Balaban J connectivity index is 1.43. The molecule has 37 heavy (non-hydrogen) atoms. The molecule has 1 N–H and O–H groups in total. The fourth-order valence-corrected chi connectivity index (χ4v) is 4.78. The molecule has 1 amide bonds. The number of nitrogens with zero attached hydrogens (tertiary/aromatic N) is 1. The van der Waals surface area contributed by atoms with E-state index in [-0.39, 0.29) is 5.91 Å². The summed E-state index contributed by atoms with van der Waals surface area (Å²) in [7, 11) is 3.19. The van der Waals surface area contributed by atoms with Gasteiger partial charge < -0.3 is 19.2 Å². The Bertz CT molecular complexity index is 1530. The van der Waals surface area contributed by atoms with Gasteiger partial charge in [-0.1, -0.05) is 54.2 Å². The van der Waals surface area contributed by atoms with Crippen molar-refractivity contribution in [1.29, 1.82) is 0 Å². The molecule has 0 fully saturated rings. The fourth-order valence-electron chi connectivity index (χ4n) is 3.86. The molecule has 0 saturated carbocycles. The number of nitrogens with one attached hydrogen (secondary N) is 1. The molecule has 0 aliphatic carbocycles. The molecule has 0 aliphatic rings. The number of hydrogen-bond acceptors (Lipinski definition) is 6. The largest absolute Gasteiger partial charge is 0.497 e. The lowest BCUT2D eigenvalue weighted by Gasteiger charge is -2.12. The Kier molecular flexibility index (Phi) is 7.23. The lowest BCUT2D eigenvalue weighted by atomic mass is 10.1. The first-order valence-corrected chi connectivity index (χ1v) is 12.4. The average molecular weight is 509 g/mol. The Labute approximate surface area is 219 Å². The highest BCUT2D eigenvalue weighted by Crippen LogP contribution is 2.37. The van der Waals surface area contributed by atoms with E-state index in [1.165, 1.54) is 0 Å². The van der Waals surface area contributed by atoms with Crippen LogP contribution in [0.15, 0.2) is 117 Å². The van der Waals surface area contributed by atoms with E-state index < -0.39 is 0 Å². The summed E-state index contributed by atoms with van der Waals surface area (Å²) in [4.78, 5) is 19.9. The monoisotopic (exact) mass is 508 g/mol. The number of oxazole rings is 1. The zero-order valence-electron chi connectivity index (χ0n) is 20.3. The van der Waals surface area contributed by atoms with Gasteiger partial charge in [-0.2, -0.15) is 0 Å². The van der Waals surface area contributed by atoms with Gasteiger partial charge in [-0.25, -0.2) is 4.98 Å². The molecular formula is C30H24N2O4S. The van der Waals surface area contributed by atoms with Crippen LogP contribution in [0.2, 0.25) is 0 Å². The third-order valence-electron chi connectivity index (χ3n) is 5.69. The zero-order valence-corrected chi connectivity index (χ0v) is 21.1. The summed E-state index contributed by atoms with van der Waals surface area (Å²) >= 11 is 1.59. The highest BCUT2D eigenvalue weighted by atomic mass is 32.2. The predicted molar refractivity (Wildman–Crippen MR) is 145 cm³/mol. The molecule has 6 nitrogen and oxygen atoms in total. The lowest BCUT2D eigenvalue weighted by Crippen LogP contribution is -2.13. The van der Waals surface area contributed by atoms with Crippen molar-refractivity contribution < 1.29 is 18.7 Å². The van der Waals surface area contributed by atoms with Gasteiger partial charge in [-0.05, 0) is 48.5 Å². The standard InChI is InChI=1S/C30H24N2O4S/c1-34-20-16-17-24(26(18-20)35-2)27-19-31-30(36-27)23-13-7-6-12-22(23)29(33)32-25-14-8-9-15-28(25)37-21-10-4-3-5-11-21/h3-19H,1-2H3,(H,32,33).